The number of nitriles is 1. The zero-order valence-corrected chi connectivity index (χ0v) is 34.1. The number of phenols is 1. The van der Waals surface area contributed by atoms with E-state index in [1.54, 1.807) is 0 Å². The SMILES string of the molecule is Cc1ccc(CCN(Cc2cc(CCN)cc(C(C)(C)C)c2C)Cc2cc(CCN)cc(CN(CCc3ccc(C#N)c(C)c3)C(C)C)c2O)cc1C. The Kier molecular flexibility index (Phi) is 14.9. The summed E-state index contributed by atoms with van der Waals surface area (Å²) in [4.78, 5) is 4.94. The predicted molar refractivity (Wildman–Crippen MR) is 222 cm³/mol. The highest BCUT2D eigenvalue weighted by Gasteiger charge is 2.22. The van der Waals surface area contributed by atoms with Crippen LogP contribution in [0.2, 0.25) is 0 Å². The van der Waals surface area contributed by atoms with Gasteiger partial charge in [-0.05, 0) is 147 Å². The Hall–Kier alpha value is -3.99. The molecular weight excluding hydrogens is 651 g/mol. The molecule has 53 heavy (non-hydrogen) atoms. The molecule has 0 radical (unpaired) electrons. The Morgan fingerprint density at radius 2 is 1.21 bits per heavy atom. The first-order valence-corrected chi connectivity index (χ1v) is 19.5. The van der Waals surface area contributed by atoms with Crippen LogP contribution < -0.4 is 11.5 Å². The summed E-state index contributed by atoms with van der Waals surface area (Å²) in [5, 5.41) is 21.4. The van der Waals surface area contributed by atoms with Gasteiger partial charge in [0.25, 0.3) is 0 Å². The lowest BCUT2D eigenvalue weighted by Crippen LogP contribution is -2.32. The van der Waals surface area contributed by atoms with Crippen molar-refractivity contribution in [2.45, 2.75) is 119 Å². The van der Waals surface area contributed by atoms with Crippen LogP contribution in [0.25, 0.3) is 0 Å². The van der Waals surface area contributed by atoms with Gasteiger partial charge in [0.1, 0.15) is 5.75 Å². The van der Waals surface area contributed by atoms with Crippen LogP contribution in [0.5, 0.6) is 5.75 Å². The molecule has 6 heteroatoms. The van der Waals surface area contributed by atoms with E-state index in [0.717, 1.165) is 73.1 Å². The molecule has 0 aliphatic rings. The number of nitrogens with two attached hydrogens (primary N) is 2. The van der Waals surface area contributed by atoms with Gasteiger partial charge in [-0.2, -0.15) is 5.26 Å². The molecule has 0 bridgehead atoms. The highest BCUT2D eigenvalue weighted by Crippen LogP contribution is 2.32. The van der Waals surface area contributed by atoms with E-state index in [1.165, 1.54) is 44.5 Å². The first-order valence-electron chi connectivity index (χ1n) is 19.5. The lowest BCUT2D eigenvalue weighted by atomic mass is 9.81. The maximum absolute atomic E-state index is 12.0. The summed E-state index contributed by atoms with van der Waals surface area (Å²) in [7, 11) is 0. The van der Waals surface area contributed by atoms with Crippen molar-refractivity contribution < 1.29 is 5.11 Å². The molecule has 5 N–H and O–H groups in total. The van der Waals surface area contributed by atoms with E-state index < -0.39 is 0 Å². The van der Waals surface area contributed by atoms with E-state index >= 15 is 0 Å². The predicted octanol–water partition coefficient (Wildman–Crippen LogP) is 8.50. The summed E-state index contributed by atoms with van der Waals surface area (Å²) in [6.07, 6.45) is 3.39. The molecule has 0 amide bonds. The summed E-state index contributed by atoms with van der Waals surface area (Å²) in [5.74, 6) is 0.380. The van der Waals surface area contributed by atoms with Crippen LogP contribution in [0.3, 0.4) is 0 Å². The fourth-order valence-electron chi connectivity index (χ4n) is 7.44. The molecule has 0 saturated carbocycles. The van der Waals surface area contributed by atoms with Gasteiger partial charge in [-0.15, -0.1) is 0 Å². The molecule has 0 saturated heterocycles. The van der Waals surface area contributed by atoms with Crippen molar-refractivity contribution in [1.82, 2.24) is 9.80 Å². The molecule has 0 spiro atoms. The second-order valence-corrected chi connectivity index (χ2v) is 16.5. The van der Waals surface area contributed by atoms with Crippen LogP contribution >= 0.6 is 0 Å². The van der Waals surface area contributed by atoms with Crippen molar-refractivity contribution in [3.8, 4) is 11.8 Å². The zero-order valence-electron chi connectivity index (χ0n) is 34.1. The molecule has 0 aliphatic heterocycles. The Balaban J connectivity index is 1.69. The third kappa shape index (κ3) is 11.5. The Labute approximate surface area is 320 Å². The van der Waals surface area contributed by atoms with Crippen LogP contribution in [-0.2, 0) is 50.7 Å². The van der Waals surface area contributed by atoms with Crippen LogP contribution in [0.4, 0.5) is 0 Å². The number of aromatic hydroxyl groups is 1. The second kappa shape index (κ2) is 18.9. The second-order valence-electron chi connectivity index (χ2n) is 16.5. The van der Waals surface area contributed by atoms with Crippen molar-refractivity contribution in [1.29, 1.82) is 5.26 Å². The van der Waals surface area contributed by atoms with Gasteiger partial charge < -0.3 is 16.6 Å². The summed E-state index contributed by atoms with van der Waals surface area (Å²) in [6.45, 7) is 24.8. The summed E-state index contributed by atoms with van der Waals surface area (Å²) in [6, 6.07) is 24.5. The largest absolute Gasteiger partial charge is 0.507 e. The number of benzene rings is 4. The third-order valence-electron chi connectivity index (χ3n) is 10.9. The number of hydrogen-bond donors (Lipinski definition) is 3. The van der Waals surface area contributed by atoms with E-state index in [-0.39, 0.29) is 11.5 Å². The first kappa shape index (κ1) is 41.8. The average molecular weight is 716 g/mol. The minimum atomic E-state index is 0.0125. The molecule has 4 aromatic rings. The van der Waals surface area contributed by atoms with Crippen LogP contribution in [0.15, 0.2) is 60.7 Å². The average Bonchev–Trinajstić information content (AvgIpc) is 3.09. The molecular formula is C47H65N5O. The normalized spacial score (nSPS) is 11.9. The van der Waals surface area contributed by atoms with E-state index in [4.69, 9.17) is 11.5 Å². The van der Waals surface area contributed by atoms with Gasteiger partial charge in [-0.3, -0.25) is 9.80 Å². The highest BCUT2D eigenvalue weighted by atomic mass is 16.3. The number of nitrogens with zero attached hydrogens (tertiary/aromatic N) is 3. The van der Waals surface area contributed by atoms with Gasteiger partial charge in [0.15, 0.2) is 0 Å². The Morgan fingerprint density at radius 1 is 0.660 bits per heavy atom. The fraction of sp³-hybridized carbons (Fsp3) is 0.468. The van der Waals surface area contributed by atoms with Gasteiger partial charge in [0, 0.05) is 49.9 Å². The van der Waals surface area contributed by atoms with Gasteiger partial charge in [-0.25, -0.2) is 0 Å². The van der Waals surface area contributed by atoms with E-state index in [2.05, 4.69) is 126 Å². The maximum Gasteiger partial charge on any atom is 0.124 e. The van der Waals surface area contributed by atoms with E-state index in [0.29, 0.717) is 31.9 Å². The van der Waals surface area contributed by atoms with Gasteiger partial charge in [0.05, 0.1) is 11.6 Å². The van der Waals surface area contributed by atoms with Crippen molar-refractivity contribution in [2.24, 2.45) is 11.5 Å². The summed E-state index contributed by atoms with van der Waals surface area (Å²) in [5.41, 5.74) is 27.5. The molecule has 4 aromatic carbocycles. The standard InChI is InChI=1S/C47H65N5O/c1-32(2)52(21-17-38-12-13-41(28-50)35(5)23-38)31-44-26-39(14-18-48)25-43(46(44)53)30-51(20-16-37-11-10-33(3)34(4)22-37)29-42-24-40(15-19-49)27-45(36(42)6)47(7,8)9/h10-13,22-27,32,53H,14-21,29-31,48-49H2,1-9H3. The molecule has 6 nitrogen and oxygen atoms in total. The quantitative estimate of drug-likeness (QED) is 0.101. The highest BCUT2D eigenvalue weighted by molar-refractivity contribution is 5.45. The first-order chi connectivity index (χ1) is 25.1. The molecule has 0 atom stereocenters. The van der Waals surface area contributed by atoms with E-state index in [1.807, 2.05) is 13.0 Å². The minimum absolute atomic E-state index is 0.0125. The van der Waals surface area contributed by atoms with Crippen molar-refractivity contribution >= 4 is 0 Å². The molecule has 284 valence electrons. The smallest absolute Gasteiger partial charge is 0.124 e. The van der Waals surface area contributed by atoms with E-state index in [9.17, 15) is 10.4 Å². The Morgan fingerprint density at radius 3 is 1.77 bits per heavy atom. The molecule has 0 fully saturated rings. The molecule has 0 aromatic heterocycles. The number of aryl methyl sites for hydroxylation is 3. The van der Waals surface area contributed by atoms with Gasteiger partial charge in [0.2, 0.25) is 0 Å². The monoisotopic (exact) mass is 716 g/mol. The van der Waals surface area contributed by atoms with Crippen molar-refractivity contribution in [3.63, 3.8) is 0 Å². The third-order valence-corrected chi connectivity index (χ3v) is 10.9. The van der Waals surface area contributed by atoms with Crippen LogP contribution in [0.1, 0.15) is 107 Å². The molecule has 4 rings (SSSR count). The topological polar surface area (TPSA) is 103 Å². The van der Waals surface area contributed by atoms with Gasteiger partial charge >= 0.3 is 0 Å². The molecule has 0 aliphatic carbocycles. The lowest BCUT2D eigenvalue weighted by molar-refractivity contribution is 0.212. The Bertz CT molecular complexity index is 1880. The number of hydrogen-bond acceptors (Lipinski definition) is 6. The van der Waals surface area contributed by atoms with Crippen molar-refractivity contribution in [3.05, 3.63) is 133 Å². The zero-order chi connectivity index (χ0) is 38.9. The summed E-state index contributed by atoms with van der Waals surface area (Å²) >= 11 is 0. The fourth-order valence-corrected chi connectivity index (χ4v) is 7.44. The van der Waals surface area contributed by atoms with Gasteiger partial charge in [-0.1, -0.05) is 75.4 Å². The maximum atomic E-state index is 12.0. The number of phenolic OH excluding ortho intramolecular Hbond substituents is 1. The van der Waals surface area contributed by atoms with Crippen LogP contribution in [0, 0.1) is 39.0 Å². The lowest BCUT2D eigenvalue weighted by Gasteiger charge is -2.30. The molecule has 0 heterocycles. The summed E-state index contributed by atoms with van der Waals surface area (Å²) < 4.78 is 0. The minimum Gasteiger partial charge on any atom is -0.507 e. The van der Waals surface area contributed by atoms with Crippen molar-refractivity contribution in [2.75, 3.05) is 26.2 Å². The van der Waals surface area contributed by atoms with Crippen LogP contribution in [-0.4, -0.2) is 47.1 Å². The molecule has 0 unspecified atom stereocenters. The number of rotatable bonds is 17.